The van der Waals surface area contributed by atoms with Crippen molar-refractivity contribution in [2.24, 2.45) is 0 Å². The number of ether oxygens (including phenoxy) is 1. The molecule has 0 atom stereocenters. The summed E-state index contributed by atoms with van der Waals surface area (Å²) >= 11 is 2.12. The Labute approximate surface area is 130 Å². The van der Waals surface area contributed by atoms with Gasteiger partial charge in [0.1, 0.15) is 11.4 Å². The number of halogens is 1. The normalized spacial score (nSPS) is 11.7. The maximum absolute atomic E-state index is 12.1. The SMILES string of the molecule is COCc1n[nH]nc1CNS(=O)(=O)c1ccc(I)cc1. The van der Waals surface area contributed by atoms with Gasteiger partial charge in [-0.25, -0.2) is 13.1 Å². The number of hydrogen-bond donors (Lipinski definition) is 2. The molecule has 7 nitrogen and oxygen atoms in total. The summed E-state index contributed by atoms with van der Waals surface area (Å²) in [6.45, 7) is 0.334. The standard InChI is InChI=1S/C11H13IN4O3S/c1-19-7-11-10(14-16-15-11)6-13-20(17,18)9-4-2-8(12)3-5-9/h2-5,13H,6-7H2,1H3,(H,14,15,16). The number of rotatable bonds is 6. The first-order valence-corrected chi connectivity index (χ1v) is 8.22. The molecule has 0 aliphatic rings. The molecule has 0 bridgehead atoms. The molecule has 0 amide bonds. The van der Waals surface area contributed by atoms with Gasteiger partial charge in [-0.15, -0.1) is 0 Å². The molecule has 2 rings (SSSR count). The lowest BCUT2D eigenvalue weighted by Crippen LogP contribution is -2.24. The average Bonchev–Trinajstić information content (AvgIpc) is 2.85. The summed E-state index contributed by atoms with van der Waals surface area (Å²) in [5, 5.41) is 10.2. The lowest BCUT2D eigenvalue weighted by Gasteiger charge is -2.06. The summed E-state index contributed by atoms with van der Waals surface area (Å²) in [6, 6.07) is 6.59. The first-order valence-electron chi connectivity index (χ1n) is 5.65. The second kappa shape index (κ2) is 6.61. The molecule has 20 heavy (non-hydrogen) atoms. The Balaban J connectivity index is 2.09. The number of sulfonamides is 1. The molecule has 0 saturated heterocycles. The highest BCUT2D eigenvalue weighted by molar-refractivity contribution is 14.1. The number of nitrogens with zero attached hydrogens (tertiary/aromatic N) is 2. The van der Waals surface area contributed by atoms with Crippen molar-refractivity contribution in [2.45, 2.75) is 18.0 Å². The second-order valence-electron chi connectivity index (χ2n) is 3.93. The van der Waals surface area contributed by atoms with E-state index in [0.717, 1.165) is 3.57 Å². The molecule has 1 aromatic carbocycles. The molecule has 1 heterocycles. The minimum atomic E-state index is -3.56. The van der Waals surface area contributed by atoms with Crippen LogP contribution in [0.15, 0.2) is 29.2 Å². The van der Waals surface area contributed by atoms with Crippen LogP contribution in [0.2, 0.25) is 0 Å². The van der Waals surface area contributed by atoms with Crippen LogP contribution in [0, 0.1) is 3.57 Å². The van der Waals surface area contributed by atoms with Crippen LogP contribution < -0.4 is 4.72 Å². The van der Waals surface area contributed by atoms with E-state index in [1.807, 2.05) is 0 Å². The van der Waals surface area contributed by atoms with Gasteiger partial charge < -0.3 is 4.74 Å². The molecule has 2 N–H and O–H groups in total. The Morgan fingerprint density at radius 1 is 1.25 bits per heavy atom. The van der Waals surface area contributed by atoms with Gasteiger partial charge >= 0.3 is 0 Å². The number of methoxy groups -OCH3 is 1. The highest BCUT2D eigenvalue weighted by Gasteiger charge is 2.16. The van der Waals surface area contributed by atoms with Crippen molar-refractivity contribution < 1.29 is 13.2 Å². The predicted octanol–water partition coefficient (Wildman–Crippen LogP) is 1.03. The third kappa shape index (κ3) is 3.75. The molecule has 0 spiro atoms. The molecule has 0 aliphatic carbocycles. The quantitative estimate of drug-likeness (QED) is 0.697. The molecule has 1 aromatic heterocycles. The topological polar surface area (TPSA) is 97.0 Å². The lowest BCUT2D eigenvalue weighted by atomic mass is 10.3. The van der Waals surface area contributed by atoms with E-state index in [2.05, 4.69) is 42.7 Å². The fraction of sp³-hybridized carbons (Fsp3) is 0.273. The van der Waals surface area contributed by atoms with Gasteiger partial charge in [-0.1, -0.05) is 0 Å². The Bertz CT molecular complexity index is 669. The van der Waals surface area contributed by atoms with E-state index in [-0.39, 0.29) is 18.0 Å². The van der Waals surface area contributed by atoms with E-state index in [1.54, 1.807) is 24.3 Å². The highest BCUT2D eigenvalue weighted by atomic mass is 127. The zero-order valence-electron chi connectivity index (χ0n) is 10.6. The number of nitrogens with one attached hydrogen (secondary N) is 2. The summed E-state index contributed by atoms with van der Waals surface area (Å²) in [5.41, 5.74) is 1.10. The van der Waals surface area contributed by atoms with Crippen LogP contribution >= 0.6 is 22.6 Å². The van der Waals surface area contributed by atoms with Crippen molar-refractivity contribution in [3.63, 3.8) is 0 Å². The van der Waals surface area contributed by atoms with Crippen LogP contribution in [-0.2, 0) is 27.9 Å². The van der Waals surface area contributed by atoms with Gasteiger partial charge in [0.05, 0.1) is 18.0 Å². The van der Waals surface area contributed by atoms with Crippen molar-refractivity contribution in [3.05, 3.63) is 39.2 Å². The molecule has 108 valence electrons. The smallest absolute Gasteiger partial charge is 0.240 e. The first kappa shape index (κ1) is 15.4. The zero-order valence-corrected chi connectivity index (χ0v) is 13.6. The van der Waals surface area contributed by atoms with Crippen LogP contribution in [0.1, 0.15) is 11.4 Å². The van der Waals surface area contributed by atoms with E-state index in [1.165, 1.54) is 7.11 Å². The van der Waals surface area contributed by atoms with E-state index in [0.29, 0.717) is 11.4 Å². The molecular formula is C11H13IN4O3S. The van der Waals surface area contributed by atoms with Gasteiger partial charge in [-0.2, -0.15) is 15.4 Å². The summed E-state index contributed by atoms with van der Waals surface area (Å²) in [4.78, 5) is 0.217. The largest absolute Gasteiger partial charge is 0.378 e. The molecular weight excluding hydrogens is 395 g/mol. The van der Waals surface area contributed by atoms with E-state index >= 15 is 0 Å². The monoisotopic (exact) mass is 408 g/mol. The van der Waals surface area contributed by atoms with Crippen molar-refractivity contribution in [1.29, 1.82) is 0 Å². The maximum atomic E-state index is 12.1. The molecule has 0 saturated carbocycles. The fourth-order valence-corrected chi connectivity index (χ4v) is 2.88. The van der Waals surface area contributed by atoms with Crippen LogP contribution in [0.25, 0.3) is 0 Å². The minimum absolute atomic E-state index is 0.0590. The van der Waals surface area contributed by atoms with Crippen LogP contribution in [-0.4, -0.2) is 30.9 Å². The molecule has 0 fully saturated rings. The zero-order chi connectivity index (χ0) is 14.6. The Kier molecular flexibility index (Phi) is 5.07. The van der Waals surface area contributed by atoms with Crippen LogP contribution in [0.3, 0.4) is 0 Å². The van der Waals surface area contributed by atoms with Gasteiger partial charge in [0.2, 0.25) is 10.0 Å². The molecule has 0 radical (unpaired) electrons. The third-order valence-electron chi connectivity index (χ3n) is 2.54. The van der Waals surface area contributed by atoms with E-state index in [4.69, 9.17) is 4.74 Å². The molecule has 9 heteroatoms. The highest BCUT2D eigenvalue weighted by Crippen LogP contribution is 2.12. The fourth-order valence-electron chi connectivity index (χ4n) is 1.53. The predicted molar refractivity (Wildman–Crippen MR) is 80.3 cm³/mol. The van der Waals surface area contributed by atoms with E-state index in [9.17, 15) is 8.42 Å². The summed E-state index contributed by atoms with van der Waals surface area (Å²) in [7, 11) is -2.02. The molecule has 0 aliphatic heterocycles. The number of H-pyrrole nitrogens is 1. The van der Waals surface area contributed by atoms with Crippen molar-refractivity contribution in [2.75, 3.05) is 7.11 Å². The number of aromatic nitrogens is 3. The number of benzene rings is 1. The molecule has 0 unspecified atom stereocenters. The van der Waals surface area contributed by atoms with Crippen molar-refractivity contribution in [1.82, 2.24) is 20.1 Å². The van der Waals surface area contributed by atoms with Crippen molar-refractivity contribution >= 4 is 32.6 Å². The summed E-state index contributed by atoms with van der Waals surface area (Å²) in [5.74, 6) is 0. The van der Waals surface area contributed by atoms with Gasteiger partial charge in [-0.3, -0.25) is 0 Å². The van der Waals surface area contributed by atoms with Gasteiger partial charge in [0.25, 0.3) is 0 Å². The Hall–Kier alpha value is -1.04. The van der Waals surface area contributed by atoms with Gasteiger partial charge in [0, 0.05) is 10.7 Å². The van der Waals surface area contributed by atoms with Crippen molar-refractivity contribution in [3.8, 4) is 0 Å². The van der Waals surface area contributed by atoms with E-state index < -0.39 is 10.0 Å². The first-order chi connectivity index (χ1) is 9.53. The summed E-state index contributed by atoms with van der Waals surface area (Å²) < 4.78 is 32.6. The third-order valence-corrected chi connectivity index (χ3v) is 4.67. The Morgan fingerprint density at radius 3 is 2.55 bits per heavy atom. The van der Waals surface area contributed by atoms with Gasteiger partial charge in [0.15, 0.2) is 0 Å². The van der Waals surface area contributed by atoms with Gasteiger partial charge in [-0.05, 0) is 46.9 Å². The average molecular weight is 408 g/mol. The summed E-state index contributed by atoms with van der Waals surface area (Å²) in [6.07, 6.45) is 0. The lowest BCUT2D eigenvalue weighted by molar-refractivity contribution is 0.180. The Morgan fingerprint density at radius 2 is 1.90 bits per heavy atom. The maximum Gasteiger partial charge on any atom is 0.240 e. The van der Waals surface area contributed by atoms with Crippen LogP contribution in [0.5, 0.6) is 0 Å². The second-order valence-corrected chi connectivity index (χ2v) is 6.94. The molecule has 2 aromatic rings. The number of hydrogen-bond acceptors (Lipinski definition) is 5. The minimum Gasteiger partial charge on any atom is -0.378 e. The van der Waals surface area contributed by atoms with Crippen LogP contribution in [0.4, 0.5) is 0 Å². The number of aromatic amines is 1.